The van der Waals surface area contributed by atoms with E-state index in [2.05, 4.69) is 17.0 Å². The van der Waals surface area contributed by atoms with Crippen molar-refractivity contribution < 1.29 is 27.8 Å². The zero-order valence-electron chi connectivity index (χ0n) is 15.7. The summed E-state index contributed by atoms with van der Waals surface area (Å²) in [5.41, 5.74) is 0.869. The van der Waals surface area contributed by atoms with E-state index in [0.717, 1.165) is 5.56 Å². The molecule has 2 aromatic rings. The Bertz CT molecular complexity index is 840. The molecule has 0 aliphatic carbocycles. The van der Waals surface area contributed by atoms with Gasteiger partial charge in [-0.15, -0.1) is 0 Å². The number of hydrogen-bond donors (Lipinski definition) is 1. The van der Waals surface area contributed by atoms with Gasteiger partial charge in [0.15, 0.2) is 11.5 Å². The highest BCUT2D eigenvalue weighted by molar-refractivity contribution is 6.00. The lowest BCUT2D eigenvalue weighted by Gasteiger charge is -2.37. The third-order valence-electron chi connectivity index (χ3n) is 4.50. The van der Waals surface area contributed by atoms with Gasteiger partial charge in [-0.2, -0.15) is 8.78 Å². The molecule has 3 rings (SSSR count). The summed E-state index contributed by atoms with van der Waals surface area (Å²) in [7, 11) is 0. The summed E-state index contributed by atoms with van der Waals surface area (Å²) in [6.45, 7) is 4.47. The molecule has 28 heavy (non-hydrogen) atoms. The van der Waals surface area contributed by atoms with Crippen LogP contribution in [0.3, 0.4) is 0 Å². The van der Waals surface area contributed by atoms with Crippen molar-refractivity contribution in [2.75, 3.05) is 5.32 Å². The average molecular weight is 390 g/mol. The largest absolute Gasteiger partial charge is 0.471 e. The van der Waals surface area contributed by atoms with E-state index in [-0.39, 0.29) is 18.1 Å². The van der Waals surface area contributed by atoms with Crippen LogP contribution in [0.5, 0.6) is 11.5 Å². The van der Waals surface area contributed by atoms with Crippen LogP contribution >= 0.6 is 0 Å². The molecule has 149 valence electrons. The number of nitrogens with one attached hydrogen (secondary N) is 1. The Labute approximate surface area is 162 Å². The number of carbonyl (C=O) groups is 1. The summed E-state index contributed by atoms with van der Waals surface area (Å²) >= 11 is 0. The number of halogens is 2. The second-order valence-corrected chi connectivity index (χ2v) is 6.92. The Morgan fingerprint density at radius 1 is 1.21 bits per heavy atom. The number of amides is 1. The van der Waals surface area contributed by atoms with Gasteiger partial charge >= 0.3 is 6.61 Å². The van der Waals surface area contributed by atoms with Crippen molar-refractivity contribution in [2.24, 2.45) is 0 Å². The van der Waals surface area contributed by atoms with Crippen LogP contribution in [0.1, 0.15) is 25.0 Å². The fraction of sp³-hybridized carbons (Fsp3) is 0.333. The summed E-state index contributed by atoms with van der Waals surface area (Å²) in [4.78, 5) is 12.7. The molecule has 0 fully saturated rings. The van der Waals surface area contributed by atoms with E-state index in [1.54, 1.807) is 19.9 Å². The predicted molar refractivity (Wildman–Crippen MR) is 100 cm³/mol. The fourth-order valence-corrected chi connectivity index (χ4v) is 2.99. The van der Waals surface area contributed by atoms with Gasteiger partial charge < -0.3 is 19.5 Å². The maximum Gasteiger partial charge on any atom is 0.387 e. The second-order valence-electron chi connectivity index (χ2n) is 6.92. The highest BCUT2D eigenvalue weighted by atomic mass is 19.3. The number of benzene rings is 2. The molecule has 0 bridgehead atoms. The molecule has 1 amide bonds. The maximum atomic E-state index is 12.8. The second kappa shape index (κ2) is 8.14. The van der Waals surface area contributed by atoms with Crippen LogP contribution in [0.25, 0.3) is 0 Å². The van der Waals surface area contributed by atoms with Gasteiger partial charge in [-0.05, 0) is 44.4 Å². The highest BCUT2D eigenvalue weighted by Crippen LogP contribution is 2.44. The van der Waals surface area contributed by atoms with E-state index in [9.17, 15) is 13.6 Å². The van der Waals surface area contributed by atoms with E-state index >= 15 is 0 Å². The van der Waals surface area contributed by atoms with Crippen molar-refractivity contribution in [1.29, 1.82) is 0 Å². The van der Waals surface area contributed by atoms with Crippen LogP contribution in [-0.2, 0) is 22.6 Å². The number of carbonyl (C=O) groups excluding carboxylic acids is 1. The first-order chi connectivity index (χ1) is 13.3. The molecule has 1 N–H and O–H groups in total. The van der Waals surface area contributed by atoms with Crippen molar-refractivity contribution in [2.45, 2.75) is 45.2 Å². The van der Waals surface area contributed by atoms with Crippen molar-refractivity contribution in [3.8, 4) is 11.5 Å². The highest BCUT2D eigenvalue weighted by Gasteiger charge is 2.43. The summed E-state index contributed by atoms with van der Waals surface area (Å²) < 4.78 is 41.9. The molecule has 1 unspecified atom stereocenters. The Morgan fingerprint density at radius 3 is 2.57 bits per heavy atom. The zero-order valence-corrected chi connectivity index (χ0v) is 15.7. The smallest absolute Gasteiger partial charge is 0.387 e. The molecule has 0 aromatic heterocycles. The molecular weight excluding hydrogens is 368 g/mol. The quantitative estimate of drug-likeness (QED) is 0.763. The van der Waals surface area contributed by atoms with Crippen molar-refractivity contribution in [3.63, 3.8) is 0 Å². The molecule has 7 heteroatoms. The molecule has 0 saturated carbocycles. The normalized spacial score (nSPS) is 16.4. The van der Waals surface area contributed by atoms with Gasteiger partial charge in [-0.3, -0.25) is 4.79 Å². The Balaban J connectivity index is 1.86. The van der Waals surface area contributed by atoms with Crippen LogP contribution in [0.4, 0.5) is 14.5 Å². The maximum absolute atomic E-state index is 12.8. The molecule has 0 saturated heterocycles. The number of rotatable bonds is 7. The van der Waals surface area contributed by atoms with Crippen LogP contribution in [0.15, 0.2) is 42.5 Å². The minimum absolute atomic E-state index is 0.0578. The van der Waals surface area contributed by atoms with Crippen LogP contribution in [-0.4, -0.2) is 24.2 Å². The number of alkyl halides is 2. The standard InChI is InChI=1S/C21H22F2NO4/c1-4-14-10-11-15(27-20(22)23)17-16(14)24-19(25)18(28-17)21(2,3)26-12-13-8-6-5-7-9-13/h5-11,18,20H,1,4,12H2,2-3H3,(H,24,25). The Hall–Kier alpha value is -2.67. The minimum Gasteiger partial charge on any atom is -0.471 e. The first-order valence-electron chi connectivity index (χ1n) is 8.87. The predicted octanol–water partition coefficient (Wildman–Crippen LogP) is 4.36. The average Bonchev–Trinajstić information content (AvgIpc) is 2.66. The topological polar surface area (TPSA) is 56.8 Å². The molecular formula is C21H22F2NO4. The Kier molecular flexibility index (Phi) is 5.84. The molecule has 5 nitrogen and oxygen atoms in total. The van der Waals surface area contributed by atoms with Crippen molar-refractivity contribution in [1.82, 2.24) is 0 Å². The van der Waals surface area contributed by atoms with E-state index < -0.39 is 24.2 Å². The van der Waals surface area contributed by atoms with E-state index in [0.29, 0.717) is 17.7 Å². The number of ether oxygens (including phenoxy) is 3. The monoisotopic (exact) mass is 390 g/mol. The molecule has 2 aromatic carbocycles. The van der Waals surface area contributed by atoms with E-state index in [4.69, 9.17) is 9.47 Å². The minimum atomic E-state index is -3.02. The number of hydrogen-bond acceptors (Lipinski definition) is 4. The van der Waals surface area contributed by atoms with Gasteiger partial charge in [0.2, 0.25) is 6.10 Å². The molecule has 1 radical (unpaired) electrons. The first kappa shape index (κ1) is 20.1. The van der Waals surface area contributed by atoms with Crippen LogP contribution in [0, 0.1) is 6.92 Å². The lowest BCUT2D eigenvalue weighted by molar-refractivity contribution is -0.144. The Morgan fingerprint density at radius 2 is 1.93 bits per heavy atom. The first-order valence-corrected chi connectivity index (χ1v) is 8.87. The summed E-state index contributed by atoms with van der Waals surface area (Å²) in [5, 5.41) is 2.74. The SMILES string of the molecule is [CH2]Cc1ccc(OC(F)F)c2c1NC(=O)C(C(C)(C)OCc1ccccc1)O2. The molecule has 1 heterocycles. The summed E-state index contributed by atoms with van der Waals surface area (Å²) in [6, 6.07) is 12.4. The fourth-order valence-electron chi connectivity index (χ4n) is 2.99. The van der Waals surface area contributed by atoms with Gasteiger partial charge in [-0.1, -0.05) is 36.4 Å². The number of fused-ring (bicyclic) bond motifs is 1. The van der Waals surface area contributed by atoms with Gasteiger partial charge in [0.1, 0.15) is 5.60 Å². The zero-order chi connectivity index (χ0) is 20.3. The third-order valence-corrected chi connectivity index (χ3v) is 4.50. The van der Waals surface area contributed by atoms with Gasteiger partial charge in [-0.25, -0.2) is 0 Å². The van der Waals surface area contributed by atoms with E-state index in [1.807, 2.05) is 30.3 Å². The molecule has 0 spiro atoms. The van der Waals surface area contributed by atoms with E-state index in [1.165, 1.54) is 6.07 Å². The van der Waals surface area contributed by atoms with Crippen molar-refractivity contribution in [3.05, 3.63) is 60.5 Å². The lowest BCUT2D eigenvalue weighted by Crippen LogP contribution is -2.52. The third kappa shape index (κ3) is 4.25. The van der Waals surface area contributed by atoms with Gasteiger partial charge in [0.05, 0.1) is 12.3 Å². The number of anilines is 1. The van der Waals surface area contributed by atoms with Gasteiger partial charge in [0.25, 0.3) is 5.91 Å². The lowest BCUT2D eigenvalue weighted by atomic mass is 9.97. The molecule has 1 atom stereocenters. The summed E-state index contributed by atoms with van der Waals surface area (Å²) in [5.74, 6) is -0.511. The molecule has 1 aliphatic heterocycles. The van der Waals surface area contributed by atoms with Crippen LogP contribution in [0.2, 0.25) is 0 Å². The van der Waals surface area contributed by atoms with Crippen LogP contribution < -0.4 is 14.8 Å². The summed E-state index contributed by atoms with van der Waals surface area (Å²) in [6.07, 6.45) is -0.705. The molecule has 1 aliphatic rings. The van der Waals surface area contributed by atoms with Crippen molar-refractivity contribution >= 4 is 11.6 Å². The van der Waals surface area contributed by atoms with Gasteiger partial charge in [0, 0.05) is 0 Å².